The molecule has 3 nitrogen and oxygen atoms in total. The van der Waals surface area contributed by atoms with Gasteiger partial charge in [-0.2, -0.15) is 0 Å². The van der Waals surface area contributed by atoms with Crippen LogP contribution in [0.5, 0.6) is 0 Å². The summed E-state index contributed by atoms with van der Waals surface area (Å²) in [6.45, 7) is 8.76. The average molecular weight is 262 g/mol. The van der Waals surface area contributed by atoms with Crippen molar-refractivity contribution in [2.45, 2.75) is 51.7 Å². The molecule has 0 bridgehead atoms. The highest BCUT2D eigenvalue weighted by Crippen LogP contribution is 2.21. The molecule has 0 aromatic carbocycles. The molecule has 2 rings (SSSR count). The molecule has 1 aromatic heterocycles. The van der Waals surface area contributed by atoms with Crippen molar-refractivity contribution in [2.24, 2.45) is 0 Å². The third kappa shape index (κ3) is 4.84. The standard InChI is InChI=1S/C16H26N2O/c1-4-5-6-9-18(3)12-14-10-16(19-13(14)2)11-17-15-7-8-15/h4,10,15,17H,1,5-9,11-12H2,2-3H3. The monoisotopic (exact) mass is 262 g/mol. The summed E-state index contributed by atoms with van der Waals surface area (Å²) in [5.41, 5.74) is 1.31. The van der Waals surface area contributed by atoms with Crippen LogP contribution in [0.2, 0.25) is 0 Å². The minimum atomic E-state index is 0.732. The molecule has 1 aliphatic rings. The number of furan rings is 1. The Kier molecular flexibility index (Phi) is 5.23. The molecule has 1 aliphatic carbocycles. The van der Waals surface area contributed by atoms with E-state index in [9.17, 15) is 0 Å². The van der Waals surface area contributed by atoms with E-state index in [1.807, 2.05) is 6.08 Å². The third-order valence-corrected chi connectivity index (χ3v) is 3.60. The van der Waals surface area contributed by atoms with E-state index in [1.54, 1.807) is 0 Å². The highest BCUT2D eigenvalue weighted by molar-refractivity contribution is 5.20. The van der Waals surface area contributed by atoms with Crippen molar-refractivity contribution < 1.29 is 4.42 Å². The van der Waals surface area contributed by atoms with Gasteiger partial charge in [-0.25, -0.2) is 0 Å². The summed E-state index contributed by atoms with van der Waals surface area (Å²) < 4.78 is 5.81. The number of allylic oxidation sites excluding steroid dienone is 1. The van der Waals surface area contributed by atoms with Crippen LogP contribution in [0.3, 0.4) is 0 Å². The van der Waals surface area contributed by atoms with E-state index in [1.165, 1.54) is 24.8 Å². The molecule has 1 N–H and O–H groups in total. The van der Waals surface area contributed by atoms with Gasteiger partial charge in [0.1, 0.15) is 11.5 Å². The van der Waals surface area contributed by atoms with Crippen molar-refractivity contribution in [2.75, 3.05) is 13.6 Å². The molecule has 0 amide bonds. The summed E-state index contributed by atoms with van der Waals surface area (Å²) in [6.07, 6.45) is 6.88. The Balaban J connectivity index is 1.79. The Morgan fingerprint density at radius 3 is 3.00 bits per heavy atom. The lowest BCUT2D eigenvalue weighted by Gasteiger charge is -2.15. The smallest absolute Gasteiger partial charge is 0.118 e. The Morgan fingerprint density at radius 2 is 2.32 bits per heavy atom. The summed E-state index contributed by atoms with van der Waals surface area (Å²) in [4.78, 5) is 2.35. The molecule has 1 fully saturated rings. The lowest BCUT2D eigenvalue weighted by molar-refractivity contribution is 0.320. The first-order valence-corrected chi connectivity index (χ1v) is 7.30. The van der Waals surface area contributed by atoms with Gasteiger partial charge < -0.3 is 14.6 Å². The van der Waals surface area contributed by atoms with E-state index in [-0.39, 0.29) is 0 Å². The maximum atomic E-state index is 5.81. The van der Waals surface area contributed by atoms with Crippen molar-refractivity contribution in [1.29, 1.82) is 0 Å². The van der Waals surface area contributed by atoms with Gasteiger partial charge in [0.25, 0.3) is 0 Å². The topological polar surface area (TPSA) is 28.4 Å². The van der Waals surface area contributed by atoms with E-state index in [0.29, 0.717) is 0 Å². The fourth-order valence-electron chi connectivity index (χ4n) is 2.24. The number of aryl methyl sites for hydroxylation is 1. The lowest BCUT2D eigenvalue weighted by atomic mass is 10.2. The Bertz CT molecular complexity index is 407. The van der Waals surface area contributed by atoms with Gasteiger partial charge in [0.15, 0.2) is 0 Å². The summed E-state index contributed by atoms with van der Waals surface area (Å²) in [6, 6.07) is 2.93. The van der Waals surface area contributed by atoms with Crippen LogP contribution in [0.25, 0.3) is 0 Å². The van der Waals surface area contributed by atoms with E-state index >= 15 is 0 Å². The molecule has 0 aliphatic heterocycles. The first-order valence-electron chi connectivity index (χ1n) is 7.30. The lowest BCUT2D eigenvalue weighted by Crippen LogP contribution is -2.19. The van der Waals surface area contributed by atoms with Crippen LogP contribution < -0.4 is 5.32 Å². The van der Waals surface area contributed by atoms with Gasteiger partial charge in [-0.15, -0.1) is 6.58 Å². The van der Waals surface area contributed by atoms with Crippen LogP contribution in [0.4, 0.5) is 0 Å². The number of rotatable bonds is 9. The molecule has 0 radical (unpaired) electrons. The molecule has 1 aromatic rings. The van der Waals surface area contributed by atoms with Crippen LogP contribution in [-0.4, -0.2) is 24.5 Å². The predicted molar refractivity (Wildman–Crippen MR) is 79.1 cm³/mol. The van der Waals surface area contributed by atoms with Gasteiger partial charge >= 0.3 is 0 Å². The summed E-state index contributed by atoms with van der Waals surface area (Å²) in [7, 11) is 2.16. The number of hydrogen-bond donors (Lipinski definition) is 1. The summed E-state index contributed by atoms with van der Waals surface area (Å²) in [5, 5.41) is 3.49. The molecule has 0 spiro atoms. The molecular formula is C16H26N2O. The minimum absolute atomic E-state index is 0.732. The van der Waals surface area contributed by atoms with Crippen LogP contribution in [-0.2, 0) is 13.1 Å². The largest absolute Gasteiger partial charge is 0.465 e. The second kappa shape index (κ2) is 6.92. The minimum Gasteiger partial charge on any atom is -0.465 e. The first-order chi connectivity index (χ1) is 9.19. The highest BCUT2D eigenvalue weighted by Gasteiger charge is 2.20. The molecule has 0 unspecified atom stereocenters. The van der Waals surface area contributed by atoms with Gasteiger partial charge in [-0.1, -0.05) is 6.08 Å². The quantitative estimate of drug-likeness (QED) is 0.547. The normalized spacial score (nSPS) is 15.1. The van der Waals surface area contributed by atoms with Gasteiger partial charge in [0, 0.05) is 18.2 Å². The molecule has 0 atom stereocenters. The second-order valence-corrected chi connectivity index (χ2v) is 5.62. The summed E-state index contributed by atoms with van der Waals surface area (Å²) in [5.74, 6) is 2.13. The molecule has 0 saturated heterocycles. The second-order valence-electron chi connectivity index (χ2n) is 5.62. The van der Waals surface area contributed by atoms with Gasteiger partial charge in [0.05, 0.1) is 6.54 Å². The zero-order chi connectivity index (χ0) is 13.7. The van der Waals surface area contributed by atoms with E-state index in [0.717, 1.165) is 43.6 Å². The predicted octanol–water partition coefficient (Wildman–Crippen LogP) is 3.24. The maximum absolute atomic E-state index is 5.81. The number of nitrogens with zero attached hydrogens (tertiary/aromatic N) is 1. The fourth-order valence-corrected chi connectivity index (χ4v) is 2.24. The molecular weight excluding hydrogens is 236 g/mol. The first kappa shape index (κ1) is 14.4. The maximum Gasteiger partial charge on any atom is 0.118 e. The third-order valence-electron chi connectivity index (χ3n) is 3.60. The van der Waals surface area contributed by atoms with Crippen molar-refractivity contribution in [1.82, 2.24) is 10.2 Å². The van der Waals surface area contributed by atoms with Crippen molar-refractivity contribution in [3.63, 3.8) is 0 Å². The Hall–Kier alpha value is -1.06. The zero-order valence-corrected chi connectivity index (χ0v) is 12.2. The van der Waals surface area contributed by atoms with Crippen LogP contribution in [0.1, 0.15) is 42.8 Å². The van der Waals surface area contributed by atoms with E-state index in [4.69, 9.17) is 4.42 Å². The van der Waals surface area contributed by atoms with Crippen molar-refractivity contribution in [3.8, 4) is 0 Å². The molecule has 3 heteroatoms. The molecule has 19 heavy (non-hydrogen) atoms. The van der Waals surface area contributed by atoms with E-state index < -0.39 is 0 Å². The number of unbranched alkanes of at least 4 members (excludes halogenated alkanes) is 1. The Morgan fingerprint density at radius 1 is 1.53 bits per heavy atom. The SMILES string of the molecule is C=CCCCN(C)Cc1cc(CNC2CC2)oc1C. The van der Waals surface area contributed by atoms with Gasteiger partial charge in [-0.05, 0) is 52.3 Å². The Labute approximate surface area is 116 Å². The van der Waals surface area contributed by atoms with Crippen molar-refractivity contribution >= 4 is 0 Å². The summed E-state index contributed by atoms with van der Waals surface area (Å²) >= 11 is 0. The average Bonchev–Trinajstić information content (AvgIpc) is 3.13. The van der Waals surface area contributed by atoms with Crippen molar-refractivity contribution in [3.05, 3.63) is 35.8 Å². The fraction of sp³-hybridized carbons (Fsp3) is 0.625. The number of hydrogen-bond acceptors (Lipinski definition) is 3. The van der Waals surface area contributed by atoms with Crippen LogP contribution >= 0.6 is 0 Å². The van der Waals surface area contributed by atoms with Gasteiger partial charge in [-0.3, -0.25) is 0 Å². The van der Waals surface area contributed by atoms with Gasteiger partial charge in [0.2, 0.25) is 0 Å². The van der Waals surface area contributed by atoms with Crippen LogP contribution in [0.15, 0.2) is 23.1 Å². The molecule has 1 heterocycles. The van der Waals surface area contributed by atoms with E-state index in [2.05, 4.69) is 36.8 Å². The number of nitrogens with one attached hydrogen (secondary N) is 1. The zero-order valence-electron chi connectivity index (χ0n) is 12.2. The molecule has 1 saturated carbocycles. The highest BCUT2D eigenvalue weighted by atomic mass is 16.3. The molecule has 106 valence electrons. The van der Waals surface area contributed by atoms with Crippen LogP contribution in [0, 0.1) is 6.92 Å².